The van der Waals surface area contributed by atoms with Gasteiger partial charge in [0.25, 0.3) is 0 Å². The Labute approximate surface area is 192 Å². The normalized spacial score (nSPS) is 11.0. The number of rotatable bonds is 11. The summed E-state index contributed by atoms with van der Waals surface area (Å²) in [7, 11) is 3.45. The van der Waals surface area contributed by atoms with Crippen LogP contribution in [-0.2, 0) is 40.9 Å². The molecule has 32 heavy (non-hydrogen) atoms. The minimum Gasteiger partial charge on any atom is -0.495 e. The number of nitrogens with one attached hydrogen (secondary N) is 1. The summed E-state index contributed by atoms with van der Waals surface area (Å²) in [5.41, 5.74) is 3.45. The average molecular weight is 462 g/mol. The molecule has 1 aromatic carbocycles. The first kappa shape index (κ1) is 23.7. The van der Waals surface area contributed by atoms with Crippen molar-refractivity contribution >= 4 is 34.4 Å². The highest BCUT2D eigenvalue weighted by Gasteiger charge is 2.17. The summed E-state index contributed by atoms with van der Waals surface area (Å²) in [6.07, 6.45) is 1.74. The lowest BCUT2D eigenvalue weighted by Gasteiger charge is -2.11. The number of esters is 1. The van der Waals surface area contributed by atoms with Crippen molar-refractivity contribution in [3.05, 3.63) is 40.3 Å². The van der Waals surface area contributed by atoms with E-state index < -0.39 is 5.97 Å². The molecule has 2 heterocycles. The molecule has 0 fully saturated rings. The largest absolute Gasteiger partial charge is 0.495 e. The second-order valence-corrected chi connectivity index (χ2v) is 7.53. The van der Waals surface area contributed by atoms with Gasteiger partial charge in [-0.2, -0.15) is 5.10 Å². The summed E-state index contributed by atoms with van der Waals surface area (Å²) in [6.45, 7) is 4.57. The topological polar surface area (TPSA) is 100 Å². The number of aryl methyl sites for hydroxylation is 2. The molecule has 0 aliphatic heterocycles. The van der Waals surface area contributed by atoms with E-state index in [0.717, 1.165) is 35.1 Å². The summed E-state index contributed by atoms with van der Waals surface area (Å²) < 4.78 is 17.4. The van der Waals surface area contributed by atoms with Gasteiger partial charge in [-0.3, -0.25) is 4.68 Å². The van der Waals surface area contributed by atoms with Crippen LogP contribution in [0.1, 0.15) is 37.4 Å². The van der Waals surface area contributed by atoms with Crippen molar-refractivity contribution in [2.45, 2.75) is 39.8 Å². The van der Waals surface area contributed by atoms with E-state index in [-0.39, 0.29) is 13.2 Å². The van der Waals surface area contributed by atoms with Crippen LogP contribution in [0.5, 0.6) is 5.75 Å². The maximum absolute atomic E-state index is 11.6. The Balaban J connectivity index is 1.86. The third kappa shape index (κ3) is 5.66. The van der Waals surface area contributed by atoms with Gasteiger partial charge in [-0.25, -0.2) is 14.8 Å². The van der Waals surface area contributed by atoms with Crippen molar-refractivity contribution in [2.75, 3.05) is 25.6 Å². The third-order valence-corrected chi connectivity index (χ3v) is 5.01. The second-order valence-electron chi connectivity index (χ2n) is 7.13. The van der Waals surface area contributed by atoms with Crippen molar-refractivity contribution in [1.29, 1.82) is 0 Å². The number of halogens is 1. The Morgan fingerprint density at radius 2 is 2.06 bits per heavy atom. The lowest BCUT2D eigenvalue weighted by atomic mass is 10.2. The zero-order valence-electron chi connectivity index (χ0n) is 18.8. The molecule has 0 bridgehead atoms. The van der Waals surface area contributed by atoms with Crippen LogP contribution in [0.25, 0.3) is 11.0 Å². The zero-order chi connectivity index (χ0) is 23.1. The summed E-state index contributed by atoms with van der Waals surface area (Å²) >= 11 is 6.25. The van der Waals surface area contributed by atoms with E-state index in [4.69, 9.17) is 25.8 Å². The first-order chi connectivity index (χ1) is 15.5. The molecule has 0 unspecified atom stereocenters. The number of hydrogen-bond acceptors (Lipinski definition) is 8. The highest BCUT2D eigenvalue weighted by Crippen LogP contribution is 2.27. The average Bonchev–Trinajstić information content (AvgIpc) is 3.08. The molecule has 0 saturated heterocycles. The fraction of sp³-hybridized carbons (Fsp3) is 0.455. The van der Waals surface area contributed by atoms with Crippen LogP contribution in [-0.4, -0.2) is 46.0 Å². The van der Waals surface area contributed by atoms with E-state index >= 15 is 0 Å². The number of anilines is 1. The fourth-order valence-corrected chi connectivity index (χ4v) is 3.59. The molecule has 0 aliphatic rings. The van der Waals surface area contributed by atoms with Gasteiger partial charge in [0.15, 0.2) is 11.6 Å². The Morgan fingerprint density at radius 3 is 2.75 bits per heavy atom. The molecule has 0 spiro atoms. The molecule has 1 N–H and O–H groups in total. The van der Waals surface area contributed by atoms with Crippen molar-refractivity contribution in [3.8, 4) is 5.75 Å². The SMILES string of the molecule is CCCc1nn(C)c2c(NCc3ccc(OC)c(Cl)c3)nc(COCC(=O)OCC)nc12. The molecule has 0 radical (unpaired) electrons. The number of methoxy groups -OCH3 is 1. The predicted octanol–water partition coefficient (Wildman–Crippen LogP) is 3.67. The Morgan fingerprint density at radius 1 is 1.25 bits per heavy atom. The smallest absolute Gasteiger partial charge is 0.332 e. The van der Waals surface area contributed by atoms with Crippen molar-refractivity contribution < 1.29 is 19.0 Å². The quantitative estimate of drug-likeness (QED) is 0.432. The predicted molar refractivity (Wildman–Crippen MR) is 122 cm³/mol. The van der Waals surface area contributed by atoms with Crippen molar-refractivity contribution in [1.82, 2.24) is 19.7 Å². The lowest BCUT2D eigenvalue weighted by Crippen LogP contribution is -2.14. The molecule has 10 heteroatoms. The van der Waals surface area contributed by atoms with E-state index in [1.54, 1.807) is 18.7 Å². The van der Waals surface area contributed by atoms with Crippen LogP contribution in [0.3, 0.4) is 0 Å². The van der Waals surface area contributed by atoms with Crippen LogP contribution in [0, 0.1) is 0 Å². The molecular weight excluding hydrogens is 434 g/mol. The van der Waals surface area contributed by atoms with Crippen LogP contribution < -0.4 is 10.1 Å². The Hall–Kier alpha value is -2.91. The molecule has 2 aromatic heterocycles. The van der Waals surface area contributed by atoms with E-state index in [0.29, 0.717) is 35.6 Å². The number of ether oxygens (including phenoxy) is 3. The zero-order valence-corrected chi connectivity index (χ0v) is 19.5. The van der Waals surface area contributed by atoms with Crippen LogP contribution in [0.2, 0.25) is 5.02 Å². The molecule has 3 rings (SSSR count). The summed E-state index contributed by atoms with van der Waals surface area (Å²) in [4.78, 5) is 20.8. The van der Waals surface area contributed by atoms with Gasteiger partial charge >= 0.3 is 5.97 Å². The van der Waals surface area contributed by atoms with Gasteiger partial charge in [0.1, 0.15) is 30.0 Å². The van der Waals surface area contributed by atoms with Crippen LogP contribution >= 0.6 is 11.6 Å². The van der Waals surface area contributed by atoms with E-state index in [1.807, 2.05) is 25.2 Å². The highest BCUT2D eigenvalue weighted by molar-refractivity contribution is 6.32. The van der Waals surface area contributed by atoms with Crippen LogP contribution in [0.4, 0.5) is 5.82 Å². The molecule has 3 aromatic rings. The fourth-order valence-electron chi connectivity index (χ4n) is 3.31. The van der Waals surface area contributed by atoms with Crippen molar-refractivity contribution in [2.24, 2.45) is 7.05 Å². The summed E-state index contributed by atoms with van der Waals surface area (Å²) in [5, 5.41) is 8.53. The maximum atomic E-state index is 11.6. The standard InChI is InChI=1S/C22H28ClN5O4/c1-5-7-16-20-21(28(3)27-16)22(24-11-14-8-9-17(30-4)15(23)10-14)26-18(25-20)12-31-13-19(29)32-6-2/h8-10H,5-7,11-13H2,1-4H3,(H,24,25,26). The molecule has 0 saturated carbocycles. The van der Waals surface area contributed by atoms with E-state index in [2.05, 4.69) is 27.3 Å². The second kappa shape index (κ2) is 11.1. The maximum Gasteiger partial charge on any atom is 0.332 e. The number of carbonyl (C=O) groups is 1. The van der Waals surface area contributed by atoms with Gasteiger partial charge in [-0.15, -0.1) is 0 Å². The molecular formula is C22H28ClN5O4. The van der Waals surface area contributed by atoms with Gasteiger partial charge in [-0.1, -0.05) is 31.0 Å². The minimum absolute atomic E-state index is 0.0816. The Kier molecular flexibility index (Phi) is 8.24. The van der Waals surface area contributed by atoms with E-state index in [9.17, 15) is 4.79 Å². The summed E-state index contributed by atoms with van der Waals surface area (Å²) in [6, 6.07) is 5.61. The minimum atomic E-state index is -0.420. The number of benzene rings is 1. The molecule has 0 amide bonds. The molecule has 0 atom stereocenters. The molecule has 172 valence electrons. The molecule has 9 nitrogen and oxygen atoms in total. The van der Waals surface area contributed by atoms with Gasteiger partial charge in [0.05, 0.1) is 24.4 Å². The third-order valence-electron chi connectivity index (χ3n) is 4.72. The monoisotopic (exact) mass is 461 g/mol. The first-order valence-corrected chi connectivity index (χ1v) is 10.9. The number of hydrogen-bond donors (Lipinski definition) is 1. The lowest BCUT2D eigenvalue weighted by molar-refractivity contribution is -0.148. The summed E-state index contributed by atoms with van der Waals surface area (Å²) in [5.74, 6) is 1.30. The number of nitrogens with zero attached hydrogens (tertiary/aromatic N) is 4. The van der Waals surface area contributed by atoms with Crippen LogP contribution in [0.15, 0.2) is 18.2 Å². The Bertz CT molecular complexity index is 1090. The van der Waals surface area contributed by atoms with Gasteiger partial charge in [0, 0.05) is 13.6 Å². The number of fused-ring (bicyclic) bond motifs is 1. The van der Waals surface area contributed by atoms with Crippen molar-refractivity contribution in [3.63, 3.8) is 0 Å². The number of aromatic nitrogens is 4. The highest BCUT2D eigenvalue weighted by atomic mass is 35.5. The number of carbonyl (C=O) groups excluding carboxylic acids is 1. The van der Waals surface area contributed by atoms with Gasteiger partial charge in [0.2, 0.25) is 0 Å². The molecule has 0 aliphatic carbocycles. The van der Waals surface area contributed by atoms with Gasteiger partial charge < -0.3 is 19.5 Å². The van der Waals surface area contributed by atoms with Gasteiger partial charge in [-0.05, 0) is 31.0 Å². The first-order valence-electron chi connectivity index (χ1n) is 10.5. The van der Waals surface area contributed by atoms with E-state index in [1.165, 1.54) is 0 Å².